The molecule has 31 heavy (non-hydrogen) atoms. The molecule has 1 saturated heterocycles. The molecule has 0 spiro atoms. The molecule has 0 aliphatic carbocycles. The minimum absolute atomic E-state index is 0.00328. The van der Waals surface area contributed by atoms with E-state index in [1.165, 1.54) is 5.56 Å². The number of ether oxygens (including phenoxy) is 1. The average Bonchev–Trinajstić information content (AvgIpc) is 2.74. The van der Waals surface area contributed by atoms with Crippen molar-refractivity contribution in [2.45, 2.75) is 33.1 Å². The molecule has 0 saturated carbocycles. The van der Waals surface area contributed by atoms with Gasteiger partial charge in [-0.25, -0.2) is 0 Å². The van der Waals surface area contributed by atoms with Crippen LogP contribution in [0, 0.1) is 19.3 Å². The number of nitrogens with two attached hydrogens (primary N) is 1. The first-order valence-corrected chi connectivity index (χ1v) is 10.9. The van der Waals surface area contributed by atoms with Gasteiger partial charge in [-0.15, -0.1) is 0 Å². The minimum Gasteiger partial charge on any atom is -0.493 e. The summed E-state index contributed by atoms with van der Waals surface area (Å²) in [5.74, 6) is 0.301. The Balaban J connectivity index is 1.65. The van der Waals surface area contributed by atoms with Crippen LogP contribution in [-0.4, -0.2) is 43.0 Å². The van der Waals surface area contributed by atoms with Crippen molar-refractivity contribution in [1.82, 2.24) is 4.90 Å². The van der Waals surface area contributed by atoms with Gasteiger partial charge in [-0.05, 0) is 62.6 Å². The van der Waals surface area contributed by atoms with E-state index < -0.39 is 5.41 Å². The quantitative estimate of drug-likeness (QED) is 0.647. The molecule has 0 bridgehead atoms. The lowest BCUT2D eigenvalue weighted by atomic mass is 9.77. The Bertz CT molecular complexity index is 932. The highest BCUT2D eigenvalue weighted by Gasteiger charge is 2.39. The number of benzene rings is 2. The third kappa shape index (κ3) is 6.37. The van der Waals surface area contributed by atoms with Crippen molar-refractivity contribution in [2.75, 3.05) is 31.6 Å². The number of rotatable bonds is 8. The van der Waals surface area contributed by atoms with Gasteiger partial charge in [0.2, 0.25) is 11.8 Å². The molecule has 0 unspecified atom stereocenters. The largest absolute Gasteiger partial charge is 0.493 e. The van der Waals surface area contributed by atoms with Crippen LogP contribution in [0.3, 0.4) is 0 Å². The van der Waals surface area contributed by atoms with Gasteiger partial charge in [-0.1, -0.05) is 29.3 Å². The maximum Gasteiger partial charge on any atom is 0.241 e. The lowest BCUT2D eigenvalue weighted by Crippen LogP contribution is -2.51. The van der Waals surface area contributed by atoms with E-state index in [1.807, 2.05) is 55.1 Å². The van der Waals surface area contributed by atoms with Gasteiger partial charge in [0.15, 0.2) is 0 Å². The van der Waals surface area contributed by atoms with Crippen molar-refractivity contribution in [1.29, 1.82) is 0 Å². The first-order valence-electron chi connectivity index (χ1n) is 10.5. The Morgan fingerprint density at radius 3 is 2.61 bits per heavy atom. The van der Waals surface area contributed by atoms with Crippen LogP contribution in [0.15, 0.2) is 42.5 Å². The fourth-order valence-electron chi connectivity index (χ4n) is 4.01. The number of nitrogens with zero attached hydrogens (tertiary/aromatic N) is 1. The number of anilines is 1. The molecule has 7 heteroatoms. The summed E-state index contributed by atoms with van der Waals surface area (Å²) >= 11 is 6.09. The predicted octanol–water partition coefficient (Wildman–Crippen LogP) is 3.93. The van der Waals surface area contributed by atoms with Gasteiger partial charge in [0.25, 0.3) is 0 Å². The zero-order valence-electron chi connectivity index (χ0n) is 18.1. The number of halogens is 1. The molecule has 3 rings (SSSR count). The van der Waals surface area contributed by atoms with Gasteiger partial charge < -0.3 is 20.7 Å². The van der Waals surface area contributed by atoms with E-state index in [0.29, 0.717) is 30.5 Å². The van der Waals surface area contributed by atoms with E-state index in [0.717, 1.165) is 24.1 Å². The van der Waals surface area contributed by atoms with Gasteiger partial charge in [0, 0.05) is 35.6 Å². The van der Waals surface area contributed by atoms with E-state index in [2.05, 4.69) is 5.32 Å². The molecule has 1 atom stereocenters. The number of carbonyl (C=O) groups excluding carboxylic acids is 2. The van der Waals surface area contributed by atoms with Crippen LogP contribution in [0.5, 0.6) is 5.75 Å². The molecule has 6 nitrogen and oxygen atoms in total. The Morgan fingerprint density at radius 2 is 1.94 bits per heavy atom. The highest BCUT2D eigenvalue weighted by molar-refractivity contribution is 6.31. The normalized spacial score (nSPS) is 18.5. The van der Waals surface area contributed by atoms with Crippen LogP contribution >= 0.6 is 11.6 Å². The summed E-state index contributed by atoms with van der Waals surface area (Å²) in [6, 6.07) is 13.4. The lowest BCUT2D eigenvalue weighted by Gasteiger charge is -2.42. The summed E-state index contributed by atoms with van der Waals surface area (Å²) in [5, 5.41) is 3.86. The number of aryl methyl sites for hydroxylation is 2. The second-order valence-electron chi connectivity index (χ2n) is 8.48. The number of nitrogens with one attached hydrogen (secondary N) is 1. The SMILES string of the molecule is Cc1ccc(NCC(=O)N2CCC[C@@](COc3ccc(Cl)c(C)c3)(CC(N)=O)C2)cc1. The minimum atomic E-state index is -0.503. The summed E-state index contributed by atoms with van der Waals surface area (Å²) in [7, 11) is 0. The fraction of sp³-hybridized carbons (Fsp3) is 0.417. The molecular formula is C24H30ClN3O3. The average molecular weight is 444 g/mol. The number of piperidine rings is 1. The van der Waals surface area contributed by atoms with Gasteiger partial charge in [-0.2, -0.15) is 0 Å². The summed E-state index contributed by atoms with van der Waals surface area (Å²) in [4.78, 5) is 26.5. The van der Waals surface area contributed by atoms with Crippen LogP contribution in [0.1, 0.15) is 30.4 Å². The van der Waals surface area contributed by atoms with Crippen molar-refractivity contribution in [3.8, 4) is 5.75 Å². The van der Waals surface area contributed by atoms with Gasteiger partial charge in [0.05, 0.1) is 13.2 Å². The van der Waals surface area contributed by atoms with Crippen molar-refractivity contribution in [3.63, 3.8) is 0 Å². The molecule has 1 fully saturated rings. The van der Waals surface area contributed by atoms with Crippen molar-refractivity contribution in [2.24, 2.45) is 11.1 Å². The molecule has 1 aliphatic heterocycles. The number of primary amides is 1. The predicted molar refractivity (Wildman–Crippen MR) is 123 cm³/mol. The smallest absolute Gasteiger partial charge is 0.241 e. The zero-order chi connectivity index (χ0) is 22.4. The lowest BCUT2D eigenvalue weighted by molar-refractivity contribution is -0.135. The summed E-state index contributed by atoms with van der Waals surface area (Å²) < 4.78 is 6.03. The number of likely N-dealkylation sites (tertiary alicyclic amines) is 1. The van der Waals surface area contributed by atoms with Crippen LogP contribution in [0.4, 0.5) is 5.69 Å². The monoisotopic (exact) mass is 443 g/mol. The zero-order valence-corrected chi connectivity index (χ0v) is 18.9. The maximum absolute atomic E-state index is 12.9. The molecule has 1 heterocycles. The van der Waals surface area contributed by atoms with E-state index in [-0.39, 0.29) is 24.8 Å². The topological polar surface area (TPSA) is 84.7 Å². The van der Waals surface area contributed by atoms with Crippen LogP contribution in [0.25, 0.3) is 0 Å². The molecule has 0 aromatic heterocycles. The highest BCUT2D eigenvalue weighted by Crippen LogP contribution is 2.35. The van der Waals surface area contributed by atoms with E-state index in [4.69, 9.17) is 22.1 Å². The standard InChI is InChI=1S/C24H30ClN3O3/c1-17-4-6-19(7-5-17)27-14-23(30)28-11-3-10-24(15-28,13-22(26)29)16-31-20-8-9-21(25)18(2)12-20/h4-9,12,27H,3,10-11,13-16H2,1-2H3,(H2,26,29)/t24-/m1/s1. The Labute approximate surface area is 188 Å². The van der Waals surface area contributed by atoms with E-state index >= 15 is 0 Å². The second-order valence-corrected chi connectivity index (χ2v) is 8.89. The number of hydrogen-bond acceptors (Lipinski definition) is 4. The van der Waals surface area contributed by atoms with Crippen molar-refractivity contribution < 1.29 is 14.3 Å². The van der Waals surface area contributed by atoms with Crippen molar-refractivity contribution >= 4 is 29.1 Å². The van der Waals surface area contributed by atoms with Crippen LogP contribution < -0.4 is 15.8 Å². The van der Waals surface area contributed by atoms with Gasteiger partial charge in [-0.3, -0.25) is 9.59 Å². The third-order valence-electron chi connectivity index (χ3n) is 5.73. The highest BCUT2D eigenvalue weighted by atomic mass is 35.5. The molecule has 166 valence electrons. The van der Waals surface area contributed by atoms with E-state index in [9.17, 15) is 9.59 Å². The maximum atomic E-state index is 12.9. The molecular weight excluding hydrogens is 414 g/mol. The third-order valence-corrected chi connectivity index (χ3v) is 6.16. The fourth-order valence-corrected chi connectivity index (χ4v) is 4.13. The summed E-state index contributed by atoms with van der Waals surface area (Å²) in [6.07, 6.45) is 1.75. The van der Waals surface area contributed by atoms with Crippen LogP contribution in [0.2, 0.25) is 5.02 Å². The molecule has 2 amide bonds. The van der Waals surface area contributed by atoms with Crippen molar-refractivity contribution in [3.05, 3.63) is 58.6 Å². The summed E-state index contributed by atoms with van der Waals surface area (Å²) in [5.41, 5.74) is 8.05. The van der Waals surface area contributed by atoms with Gasteiger partial charge in [0.1, 0.15) is 5.75 Å². The first-order chi connectivity index (χ1) is 14.8. The number of carbonyl (C=O) groups is 2. The molecule has 0 radical (unpaired) electrons. The second kappa shape index (κ2) is 10.1. The molecule has 2 aromatic rings. The van der Waals surface area contributed by atoms with E-state index in [1.54, 1.807) is 6.07 Å². The molecule has 1 aliphatic rings. The number of amides is 2. The first kappa shape index (κ1) is 22.9. The Hall–Kier alpha value is -2.73. The summed E-state index contributed by atoms with van der Waals surface area (Å²) in [6.45, 7) is 5.55. The Kier molecular flexibility index (Phi) is 7.44. The van der Waals surface area contributed by atoms with Crippen LogP contribution in [-0.2, 0) is 9.59 Å². The molecule has 2 aromatic carbocycles. The number of hydrogen-bond donors (Lipinski definition) is 2. The Morgan fingerprint density at radius 1 is 1.19 bits per heavy atom. The van der Waals surface area contributed by atoms with Gasteiger partial charge >= 0.3 is 0 Å². The molecule has 3 N–H and O–H groups in total.